The van der Waals surface area contributed by atoms with Crippen molar-refractivity contribution in [3.8, 4) is 0 Å². The number of rotatable bonds is 4. The lowest BCUT2D eigenvalue weighted by Gasteiger charge is -2.40. The summed E-state index contributed by atoms with van der Waals surface area (Å²) in [5.74, 6) is 0.332. The third-order valence-electron chi connectivity index (χ3n) is 5.63. The Morgan fingerprint density at radius 3 is 2.56 bits per heavy atom. The molecule has 0 aliphatic carbocycles. The summed E-state index contributed by atoms with van der Waals surface area (Å²) in [5, 5.41) is 2.59. The maximum atomic E-state index is 12.2. The topological polar surface area (TPSA) is 23.6 Å². The van der Waals surface area contributed by atoms with Crippen molar-refractivity contribution in [3.05, 3.63) is 54.1 Å². The molecule has 2 aliphatic rings. The van der Waals surface area contributed by atoms with Crippen molar-refractivity contribution in [2.24, 2.45) is 0 Å². The first kappa shape index (κ1) is 16.3. The van der Waals surface area contributed by atoms with E-state index in [-0.39, 0.29) is 0 Å². The standard InChI is InChI=1S/C22H26N2O/c1-2-22(25)24-19-12-13-20(24)16-23(15-19)14-6-10-18-9-5-8-17-7-3-4-11-21(17)18/h3-11,19-20H,2,12-16H2,1H3/b10-6+. The molecule has 0 radical (unpaired) electrons. The molecule has 3 nitrogen and oxygen atoms in total. The molecule has 2 unspecified atom stereocenters. The van der Waals surface area contributed by atoms with Crippen LogP contribution < -0.4 is 0 Å². The minimum Gasteiger partial charge on any atom is -0.334 e. The molecule has 0 saturated carbocycles. The molecule has 0 spiro atoms. The van der Waals surface area contributed by atoms with Crippen LogP contribution in [0, 0.1) is 0 Å². The Kier molecular flexibility index (Phi) is 4.58. The Balaban J connectivity index is 1.42. The van der Waals surface area contributed by atoms with Gasteiger partial charge in [-0.05, 0) is 29.2 Å². The number of hydrogen-bond donors (Lipinski definition) is 0. The lowest BCUT2D eigenvalue weighted by Crippen LogP contribution is -2.55. The molecule has 2 heterocycles. The first-order valence-electron chi connectivity index (χ1n) is 9.44. The predicted octanol–water partition coefficient (Wildman–Crippen LogP) is 3.94. The Bertz CT molecular complexity index is 778. The second kappa shape index (κ2) is 7.01. The Labute approximate surface area is 149 Å². The minimum atomic E-state index is 0.332. The van der Waals surface area contributed by atoms with Gasteiger partial charge in [-0.1, -0.05) is 61.5 Å². The molecule has 2 aromatic rings. The number of amides is 1. The number of fused-ring (bicyclic) bond motifs is 3. The number of hydrogen-bond acceptors (Lipinski definition) is 2. The lowest BCUT2D eigenvalue weighted by atomic mass is 10.0. The first-order valence-corrected chi connectivity index (χ1v) is 9.44. The zero-order valence-electron chi connectivity index (χ0n) is 14.9. The van der Waals surface area contributed by atoms with E-state index in [1.165, 1.54) is 29.2 Å². The van der Waals surface area contributed by atoms with E-state index in [1.807, 2.05) is 6.92 Å². The zero-order valence-corrected chi connectivity index (χ0v) is 14.9. The lowest BCUT2D eigenvalue weighted by molar-refractivity contribution is -0.136. The van der Waals surface area contributed by atoms with E-state index in [1.54, 1.807) is 0 Å². The fourth-order valence-electron chi connectivity index (χ4n) is 4.45. The molecule has 2 aromatic carbocycles. The third-order valence-corrected chi connectivity index (χ3v) is 5.63. The number of carbonyl (C=O) groups is 1. The maximum Gasteiger partial charge on any atom is 0.222 e. The number of likely N-dealkylation sites (tertiary alicyclic amines) is 1. The Hall–Kier alpha value is -2.13. The van der Waals surface area contributed by atoms with E-state index in [0.29, 0.717) is 24.4 Å². The second-order valence-corrected chi connectivity index (χ2v) is 7.23. The van der Waals surface area contributed by atoms with Crippen LogP contribution in [0.3, 0.4) is 0 Å². The molecule has 4 rings (SSSR count). The highest BCUT2D eigenvalue weighted by molar-refractivity contribution is 5.90. The Morgan fingerprint density at radius 2 is 1.80 bits per heavy atom. The summed E-state index contributed by atoms with van der Waals surface area (Å²) in [6.45, 7) is 4.97. The van der Waals surface area contributed by atoms with Gasteiger partial charge in [0.05, 0.1) is 0 Å². The van der Waals surface area contributed by atoms with Crippen molar-refractivity contribution in [1.82, 2.24) is 9.80 Å². The van der Waals surface area contributed by atoms with Crippen LogP contribution in [0.25, 0.3) is 16.8 Å². The van der Waals surface area contributed by atoms with Crippen LogP contribution in [0.1, 0.15) is 31.7 Å². The van der Waals surface area contributed by atoms with Gasteiger partial charge in [-0.15, -0.1) is 0 Å². The molecule has 2 bridgehead atoms. The molecule has 0 aromatic heterocycles. The predicted molar refractivity (Wildman–Crippen MR) is 103 cm³/mol. The molecule has 2 atom stereocenters. The van der Waals surface area contributed by atoms with Crippen LogP contribution in [-0.4, -0.2) is 47.4 Å². The van der Waals surface area contributed by atoms with Gasteiger partial charge in [0.25, 0.3) is 0 Å². The molecule has 0 N–H and O–H groups in total. The first-order chi connectivity index (χ1) is 12.3. The summed E-state index contributed by atoms with van der Waals surface area (Å²) in [6.07, 6.45) is 7.49. The third kappa shape index (κ3) is 3.21. The zero-order chi connectivity index (χ0) is 17.2. The summed E-state index contributed by atoms with van der Waals surface area (Å²) >= 11 is 0. The molecule has 2 saturated heterocycles. The summed E-state index contributed by atoms with van der Waals surface area (Å²) in [6, 6.07) is 15.9. The van der Waals surface area contributed by atoms with Crippen LogP contribution in [0.5, 0.6) is 0 Å². The second-order valence-electron chi connectivity index (χ2n) is 7.23. The van der Waals surface area contributed by atoms with E-state index in [0.717, 1.165) is 19.6 Å². The van der Waals surface area contributed by atoms with E-state index in [4.69, 9.17) is 0 Å². The van der Waals surface area contributed by atoms with Crippen LogP contribution in [0.2, 0.25) is 0 Å². The van der Waals surface area contributed by atoms with Crippen molar-refractivity contribution < 1.29 is 4.79 Å². The van der Waals surface area contributed by atoms with E-state index in [2.05, 4.69) is 64.4 Å². The molecule has 3 heteroatoms. The monoisotopic (exact) mass is 334 g/mol. The van der Waals surface area contributed by atoms with Gasteiger partial charge >= 0.3 is 0 Å². The van der Waals surface area contributed by atoms with Gasteiger partial charge in [0.2, 0.25) is 5.91 Å². The average molecular weight is 334 g/mol. The minimum absolute atomic E-state index is 0.332. The van der Waals surface area contributed by atoms with E-state index in [9.17, 15) is 4.79 Å². The van der Waals surface area contributed by atoms with Crippen LogP contribution in [0.15, 0.2) is 48.5 Å². The van der Waals surface area contributed by atoms with E-state index < -0.39 is 0 Å². The highest BCUT2D eigenvalue weighted by Gasteiger charge is 2.41. The van der Waals surface area contributed by atoms with Crippen molar-refractivity contribution in [1.29, 1.82) is 0 Å². The van der Waals surface area contributed by atoms with Crippen LogP contribution in [-0.2, 0) is 4.79 Å². The summed E-state index contributed by atoms with van der Waals surface area (Å²) in [4.78, 5) is 16.8. The van der Waals surface area contributed by atoms with Gasteiger partial charge in [0.1, 0.15) is 0 Å². The highest BCUT2D eigenvalue weighted by atomic mass is 16.2. The molecular formula is C22H26N2O. The highest BCUT2D eigenvalue weighted by Crippen LogP contribution is 2.30. The van der Waals surface area contributed by atoms with Crippen molar-refractivity contribution in [2.45, 2.75) is 38.3 Å². The smallest absolute Gasteiger partial charge is 0.222 e. The van der Waals surface area contributed by atoms with Gasteiger partial charge in [0, 0.05) is 38.1 Å². The normalized spacial score (nSPS) is 23.6. The van der Waals surface area contributed by atoms with Gasteiger partial charge in [-0.25, -0.2) is 0 Å². The van der Waals surface area contributed by atoms with Crippen molar-refractivity contribution >= 4 is 22.8 Å². The summed E-state index contributed by atoms with van der Waals surface area (Å²) < 4.78 is 0. The largest absolute Gasteiger partial charge is 0.334 e. The summed E-state index contributed by atoms with van der Waals surface area (Å²) in [5.41, 5.74) is 1.28. The summed E-state index contributed by atoms with van der Waals surface area (Å²) in [7, 11) is 0. The Morgan fingerprint density at radius 1 is 1.08 bits per heavy atom. The fourth-order valence-corrected chi connectivity index (χ4v) is 4.45. The quantitative estimate of drug-likeness (QED) is 0.845. The van der Waals surface area contributed by atoms with Crippen LogP contribution in [0.4, 0.5) is 0 Å². The van der Waals surface area contributed by atoms with Gasteiger partial charge in [-0.2, -0.15) is 0 Å². The van der Waals surface area contributed by atoms with Crippen molar-refractivity contribution in [3.63, 3.8) is 0 Å². The van der Waals surface area contributed by atoms with E-state index >= 15 is 0 Å². The maximum absolute atomic E-state index is 12.2. The molecule has 25 heavy (non-hydrogen) atoms. The molecule has 1 amide bonds. The van der Waals surface area contributed by atoms with Crippen LogP contribution >= 0.6 is 0 Å². The number of piperazine rings is 1. The number of nitrogens with zero attached hydrogens (tertiary/aromatic N) is 2. The number of carbonyl (C=O) groups excluding carboxylic acids is 1. The SMILES string of the molecule is CCC(=O)N1C2CCC1CN(C/C=C/c1cccc3ccccc13)C2. The van der Waals surface area contributed by atoms with Gasteiger partial charge in [0.15, 0.2) is 0 Å². The molecule has 130 valence electrons. The molecule has 2 fully saturated rings. The fraction of sp³-hybridized carbons (Fsp3) is 0.409. The number of benzene rings is 2. The molecular weight excluding hydrogens is 308 g/mol. The van der Waals surface area contributed by atoms with Gasteiger partial charge < -0.3 is 4.90 Å². The van der Waals surface area contributed by atoms with Gasteiger partial charge in [-0.3, -0.25) is 9.69 Å². The average Bonchev–Trinajstić information content (AvgIpc) is 2.92. The molecule has 2 aliphatic heterocycles. The van der Waals surface area contributed by atoms with Crippen molar-refractivity contribution in [2.75, 3.05) is 19.6 Å².